The molecular weight excluding hydrogens is 418 g/mol. The van der Waals surface area contributed by atoms with Crippen LogP contribution < -0.4 is 0 Å². The van der Waals surface area contributed by atoms with E-state index in [2.05, 4.69) is 32.9 Å². The summed E-state index contributed by atoms with van der Waals surface area (Å²) in [4.78, 5) is 24.0. The normalized spacial score (nSPS) is 31.2. The number of hydrogen-bond donors (Lipinski definition) is 1. The molecule has 0 spiro atoms. The van der Waals surface area contributed by atoms with E-state index in [-0.39, 0.29) is 40.9 Å². The van der Waals surface area contributed by atoms with Crippen LogP contribution in [-0.2, 0) is 16.1 Å². The van der Waals surface area contributed by atoms with E-state index in [9.17, 15) is 20.0 Å². The van der Waals surface area contributed by atoms with E-state index in [0.29, 0.717) is 11.8 Å². The molecule has 0 radical (unpaired) electrons. The van der Waals surface area contributed by atoms with Crippen LogP contribution in [-0.4, -0.2) is 16.0 Å². The number of ether oxygens (including phenoxy) is 1. The molecule has 0 amide bonds. The van der Waals surface area contributed by atoms with Gasteiger partial charge in [0.15, 0.2) is 0 Å². The van der Waals surface area contributed by atoms with Gasteiger partial charge in [-0.15, -0.1) is 0 Å². The molecule has 0 saturated heterocycles. The average molecular weight is 454 g/mol. The molecular formula is C27H35NO5. The Kier molecular flexibility index (Phi) is 6.14. The number of benzene rings is 1. The highest BCUT2D eigenvalue weighted by Crippen LogP contribution is 2.62. The van der Waals surface area contributed by atoms with Crippen LogP contribution in [0.3, 0.4) is 0 Å². The number of nitro benzene ring substituents is 1. The van der Waals surface area contributed by atoms with E-state index in [1.807, 2.05) is 6.92 Å². The van der Waals surface area contributed by atoms with Gasteiger partial charge in [0.2, 0.25) is 0 Å². The summed E-state index contributed by atoms with van der Waals surface area (Å²) in [6.07, 6.45) is 10.7. The molecule has 3 aliphatic carbocycles. The van der Waals surface area contributed by atoms with Gasteiger partial charge in [-0.25, -0.2) is 0 Å². The first kappa shape index (κ1) is 23.5. The van der Waals surface area contributed by atoms with E-state index >= 15 is 0 Å². The number of aromatic hydroxyl groups is 1. The molecule has 1 N–H and O–H groups in total. The maximum absolute atomic E-state index is 13.5. The van der Waals surface area contributed by atoms with Gasteiger partial charge >= 0.3 is 5.97 Å². The van der Waals surface area contributed by atoms with Gasteiger partial charge in [0.25, 0.3) is 5.69 Å². The maximum atomic E-state index is 13.5. The Morgan fingerprint density at radius 2 is 2.06 bits per heavy atom. The summed E-state index contributed by atoms with van der Waals surface area (Å²) in [5, 5.41) is 21.2. The lowest BCUT2D eigenvalue weighted by molar-refractivity contribution is -0.385. The molecule has 4 unspecified atom stereocenters. The number of carbonyl (C=O) groups is 1. The van der Waals surface area contributed by atoms with Crippen molar-refractivity contribution in [3.63, 3.8) is 0 Å². The SMILES string of the molecule is CC(C)C1=CC2=CCC3C(C)(C(=O)OCc4cc([N+](=O)[O-])ccc4O)CCCC3(C)C2CC1. The topological polar surface area (TPSA) is 89.7 Å². The fourth-order valence-corrected chi connectivity index (χ4v) is 6.70. The van der Waals surface area contributed by atoms with Crippen LogP contribution in [0.2, 0.25) is 0 Å². The molecule has 0 aliphatic heterocycles. The number of phenols is 1. The zero-order chi connectivity index (χ0) is 24.0. The van der Waals surface area contributed by atoms with Crippen molar-refractivity contribution in [2.45, 2.75) is 72.8 Å². The average Bonchev–Trinajstić information content (AvgIpc) is 2.77. The van der Waals surface area contributed by atoms with Crippen molar-refractivity contribution in [1.29, 1.82) is 0 Å². The largest absolute Gasteiger partial charge is 0.508 e. The quantitative estimate of drug-likeness (QED) is 0.313. The van der Waals surface area contributed by atoms with Crippen molar-refractivity contribution in [3.8, 4) is 5.75 Å². The molecule has 6 nitrogen and oxygen atoms in total. The predicted molar refractivity (Wildman–Crippen MR) is 126 cm³/mol. The number of hydrogen-bond acceptors (Lipinski definition) is 5. The fraction of sp³-hybridized carbons (Fsp3) is 0.593. The van der Waals surface area contributed by atoms with E-state index in [1.165, 1.54) is 29.3 Å². The van der Waals surface area contributed by atoms with Crippen molar-refractivity contribution in [2.75, 3.05) is 0 Å². The van der Waals surface area contributed by atoms with E-state index in [0.717, 1.165) is 38.5 Å². The Morgan fingerprint density at radius 3 is 2.76 bits per heavy atom. The summed E-state index contributed by atoms with van der Waals surface area (Å²) in [5.74, 6) is 0.844. The number of non-ortho nitro benzene ring substituents is 1. The van der Waals surface area contributed by atoms with Gasteiger partial charge < -0.3 is 9.84 Å². The highest BCUT2D eigenvalue weighted by atomic mass is 16.6. The minimum absolute atomic E-state index is 0.0444. The number of phenolic OH excluding ortho intramolecular Hbond substituents is 1. The van der Waals surface area contributed by atoms with Gasteiger partial charge in [0.1, 0.15) is 12.4 Å². The van der Waals surface area contributed by atoms with Crippen molar-refractivity contribution < 1.29 is 19.6 Å². The van der Waals surface area contributed by atoms with E-state index in [4.69, 9.17) is 4.74 Å². The Hall–Kier alpha value is -2.63. The Morgan fingerprint density at radius 1 is 1.30 bits per heavy atom. The van der Waals surface area contributed by atoms with Crippen molar-refractivity contribution >= 4 is 11.7 Å². The standard InChI is InChI=1S/C27H35NO5/c1-17(2)18-6-9-22-19(14-18)7-11-24-26(22,3)12-5-13-27(24,4)25(30)33-16-20-15-21(28(31)32)8-10-23(20)29/h7-8,10,14-15,17,22,24,29H,5-6,9,11-13,16H2,1-4H3. The van der Waals surface area contributed by atoms with Gasteiger partial charge in [-0.2, -0.15) is 0 Å². The Bertz CT molecular complexity index is 1030. The summed E-state index contributed by atoms with van der Waals surface area (Å²) in [7, 11) is 0. The predicted octanol–water partition coefficient (Wildman–Crippen LogP) is 6.48. The first-order chi connectivity index (χ1) is 15.6. The van der Waals surface area contributed by atoms with Gasteiger partial charge in [0.05, 0.1) is 10.3 Å². The number of fused-ring (bicyclic) bond motifs is 3. The second kappa shape index (κ2) is 8.62. The molecule has 0 aromatic heterocycles. The smallest absolute Gasteiger partial charge is 0.312 e. The third-order valence-electron chi connectivity index (χ3n) is 8.68. The Labute approximate surface area is 195 Å². The molecule has 4 rings (SSSR count). The zero-order valence-corrected chi connectivity index (χ0v) is 20.1. The van der Waals surface area contributed by atoms with E-state index < -0.39 is 10.3 Å². The second-order valence-electron chi connectivity index (χ2n) is 10.9. The summed E-state index contributed by atoms with van der Waals surface area (Å²) in [6, 6.07) is 3.78. The molecule has 1 aromatic carbocycles. The van der Waals surface area contributed by atoms with Crippen LogP contribution in [0.15, 0.2) is 41.5 Å². The second-order valence-corrected chi connectivity index (χ2v) is 10.9. The van der Waals surface area contributed by atoms with Gasteiger partial charge in [-0.1, -0.05) is 44.9 Å². The van der Waals surface area contributed by atoms with Crippen LogP contribution in [0, 0.1) is 38.7 Å². The minimum Gasteiger partial charge on any atom is -0.508 e. The summed E-state index contributed by atoms with van der Waals surface area (Å²) < 4.78 is 5.71. The first-order valence-corrected chi connectivity index (χ1v) is 12.1. The first-order valence-electron chi connectivity index (χ1n) is 12.1. The lowest BCUT2D eigenvalue weighted by Crippen LogP contribution is -2.53. The molecule has 33 heavy (non-hydrogen) atoms. The lowest BCUT2D eigenvalue weighted by Gasteiger charge is -2.57. The lowest BCUT2D eigenvalue weighted by atomic mass is 9.47. The van der Waals surface area contributed by atoms with Crippen molar-refractivity contribution in [1.82, 2.24) is 0 Å². The molecule has 0 heterocycles. The highest BCUT2D eigenvalue weighted by Gasteiger charge is 2.57. The molecule has 1 saturated carbocycles. The van der Waals surface area contributed by atoms with Crippen LogP contribution >= 0.6 is 0 Å². The number of allylic oxidation sites excluding steroid dienone is 4. The number of rotatable bonds is 5. The molecule has 6 heteroatoms. The van der Waals surface area contributed by atoms with Crippen LogP contribution in [0.25, 0.3) is 0 Å². The number of nitro groups is 1. The number of carbonyl (C=O) groups excluding carboxylic acids is 1. The monoisotopic (exact) mass is 453 g/mol. The van der Waals surface area contributed by atoms with Gasteiger partial charge in [-0.3, -0.25) is 14.9 Å². The third-order valence-corrected chi connectivity index (χ3v) is 8.68. The summed E-state index contributed by atoms with van der Waals surface area (Å²) in [6.45, 7) is 8.73. The van der Waals surface area contributed by atoms with Crippen LogP contribution in [0.1, 0.15) is 71.8 Å². The highest BCUT2D eigenvalue weighted by molar-refractivity contribution is 5.77. The summed E-state index contributed by atoms with van der Waals surface area (Å²) in [5.41, 5.74) is 2.52. The van der Waals surface area contributed by atoms with E-state index in [1.54, 1.807) is 0 Å². The Balaban J connectivity index is 1.56. The van der Waals surface area contributed by atoms with Crippen molar-refractivity contribution in [2.24, 2.45) is 28.6 Å². The zero-order valence-electron chi connectivity index (χ0n) is 20.1. The number of esters is 1. The van der Waals surface area contributed by atoms with Gasteiger partial charge in [0, 0.05) is 17.7 Å². The fourth-order valence-electron chi connectivity index (χ4n) is 6.70. The molecule has 3 aliphatic rings. The molecule has 1 fully saturated rings. The minimum atomic E-state index is -0.618. The molecule has 0 bridgehead atoms. The van der Waals surface area contributed by atoms with Crippen molar-refractivity contribution in [3.05, 3.63) is 57.2 Å². The van der Waals surface area contributed by atoms with Crippen LogP contribution in [0.4, 0.5) is 5.69 Å². The van der Waals surface area contributed by atoms with Crippen LogP contribution in [0.5, 0.6) is 5.75 Å². The molecule has 4 atom stereocenters. The van der Waals surface area contributed by atoms with Gasteiger partial charge in [-0.05, 0) is 73.8 Å². The number of nitrogens with zero attached hydrogens (tertiary/aromatic N) is 1. The maximum Gasteiger partial charge on any atom is 0.312 e. The molecule has 1 aromatic rings. The third kappa shape index (κ3) is 4.09. The summed E-state index contributed by atoms with van der Waals surface area (Å²) >= 11 is 0. The molecule has 178 valence electrons.